The van der Waals surface area contributed by atoms with Crippen LogP contribution < -0.4 is 4.74 Å². The zero-order valence-electron chi connectivity index (χ0n) is 8.14. The molecule has 0 radical (unpaired) electrons. The molecule has 0 amide bonds. The highest BCUT2D eigenvalue weighted by Gasteiger charge is 2.11. The van der Waals surface area contributed by atoms with Gasteiger partial charge in [0.1, 0.15) is 0 Å². The maximum absolute atomic E-state index is 13.3. The van der Waals surface area contributed by atoms with E-state index in [0.29, 0.717) is 5.75 Å². The Kier molecular flexibility index (Phi) is 4.30. The summed E-state index contributed by atoms with van der Waals surface area (Å²) in [6.07, 6.45) is 0.0588. The maximum atomic E-state index is 13.3. The Morgan fingerprint density at radius 1 is 1.44 bits per heavy atom. The molecule has 0 spiro atoms. The molecule has 1 aromatic rings. The van der Waals surface area contributed by atoms with E-state index in [4.69, 9.17) is 5.11 Å². The number of carbonyl (C=O) groups is 2. The van der Waals surface area contributed by atoms with Crippen LogP contribution in [0.15, 0.2) is 18.2 Å². The number of hydrogen-bond donors (Lipinski definition) is 2. The molecule has 0 aromatic heterocycles. The van der Waals surface area contributed by atoms with E-state index >= 15 is 0 Å². The molecule has 0 bridgehead atoms. The van der Waals surface area contributed by atoms with E-state index in [1.54, 1.807) is 0 Å². The largest absolute Gasteiger partial charge is 0.478 e. The molecule has 0 aliphatic carbocycles. The average molecular weight is 244 g/mol. The highest BCUT2D eigenvalue weighted by molar-refractivity contribution is 7.80. The fourth-order valence-corrected chi connectivity index (χ4v) is 1.16. The van der Waals surface area contributed by atoms with Gasteiger partial charge in [0.15, 0.2) is 11.6 Å². The quantitative estimate of drug-likeness (QED) is 0.481. The SMILES string of the molecule is O=C(CCS)Oc1ccc(C(=O)O)cc1F. The van der Waals surface area contributed by atoms with E-state index in [1.807, 2.05) is 0 Å². The first-order chi connectivity index (χ1) is 7.54. The lowest BCUT2D eigenvalue weighted by atomic mass is 10.2. The number of hydrogen-bond acceptors (Lipinski definition) is 4. The lowest BCUT2D eigenvalue weighted by molar-refractivity contribution is -0.134. The monoisotopic (exact) mass is 244 g/mol. The minimum atomic E-state index is -1.24. The molecule has 0 saturated heterocycles. The second-order valence-corrected chi connectivity index (χ2v) is 3.35. The van der Waals surface area contributed by atoms with E-state index in [-0.39, 0.29) is 17.7 Å². The van der Waals surface area contributed by atoms with Crippen LogP contribution in [0.25, 0.3) is 0 Å². The fraction of sp³-hybridized carbons (Fsp3) is 0.200. The van der Waals surface area contributed by atoms with Gasteiger partial charge in [-0.25, -0.2) is 9.18 Å². The third-order valence-electron chi connectivity index (χ3n) is 1.72. The number of halogens is 1. The number of ether oxygens (including phenoxy) is 1. The molecule has 0 heterocycles. The molecule has 1 N–H and O–H groups in total. The Balaban J connectivity index is 2.83. The molecule has 0 unspecified atom stereocenters. The molecule has 1 rings (SSSR count). The predicted molar refractivity (Wildman–Crippen MR) is 57.5 cm³/mol. The van der Waals surface area contributed by atoms with Crippen molar-refractivity contribution in [3.63, 3.8) is 0 Å². The Hall–Kier alpha value is -1.56. The van der Waals surface area contributed by atoms with Crippen LogP contribution in [0.1, 0.15) is 16.8 Å². The Morgan fingerprint density at radius 2 is 2.12 bits per heavy atom. The second kappa shape index (κ2) is 5.50. The molecular formula is C10H9FO4S. The van der Waals surface area contributed by atoms with Crippen molar-refractivity contribution in [3.8, 4) is 5.75 Å². The molecule has 4 nitrogen and oxygen atoms in total. The number of esters is 1. The summed E-state index contributed by atoms with van der Waals surface area (Å²) >= 11 is 3.82. The number of benzene rings is 1. The van der Waals surface area contributed by atoms with Crippen molar-refractivity contribution in [1.29, 1.82) is 0 Å². The van der Waals surface area contributed by atoms with Crippen molar-refractivity contribution in [2.45, 2.75) is 6.42 Å². The molecule has 0 atom stereocenters. The third-order valence-corrected chi connectivity index (χ3v) is 1.94. The van der Waals surface area contributed by atoms with E-state index < -0.39 is 17.8 Å². The molecule has 0 saturated carbocycles. The number of thiol groups is 1. The normalized spacial score (nSPS) is 9.88. The number of carboxylic acid groups (broad SMARTS) is 1. The van der Waals surface area contributed by atoms with Gasteiger partial charge in [-0.15, -0.1) is 0 Å². The zero-order valence-corrected chi connectivity index (χ0v) is 9.04. The minimum absolute atomic E-state index is 0.0588. The first kappa shape index (κ1) is 12.5. The van der Waals surface area contributed by atoms with Crippen LogP contribution in [0.5, 0.6) is 5.75 Å². The molecule has 6 heteroatoms. The van der Waals surface area contributed by atoms with Crippen LogP contribution in [-0.2, 0) is 4.79 Å². The lowest BCUT2D eigenvalue weighted by Crippen LogP contribution is -2.09. The van der Waals surface area contributed by atoms with Gasteiger partial charge in [0.05, 0.1) is 12.0 Å². The minimum Gasteiger partial charge on any atom is -0.478 e. The van der Waals surface area contributed by atoms with Crippen LogP contribution in [0, 0.1) is 5.82 Å². The van der Waals surface area contributed by atoms with Crippen LogP contribution in [0.2, 0.25) is 0 Å². The Bertz CT molecular complexity index is 419. The molecule has 86 valence electrons. The third kappa shape index (κ3) is 3.23. The van der Waals surface area contributed by atoms with Crippen molar-refractivity contribution in [3.05, 3.63) is 29.6 Å². The average Bonchev–Trinajstić information content (AvgIpc) is 2.21. The topological polar surface area (TPSA) is 63.6 Å². The van der Waals surface area contributed by atoms with Crippen molar-refractivity contribution >= 4 is 24.6 Å². The smallest absolute Gasteiger partial charge is 0.335 e. The van der Waals surface area contributed by atoms with Crippen LogP contribution in [-0.4, -0.2) is 22.8 Å². The van der Waals surface area contributed by atoms with Crippen LogP contribution in [0.4, 0.5) is 4.39 Å². The molecule has 0 fully saturated rings. The van der Waals surface area contributed by atoms with Crippen molar-refractivity contribution in [2.75, 3.05) is 5.75 Å². The summed E-state index contributed by atoms with van der Waals surface area (Å²) in [5, 5.41) is 8.58. The van der Waals surface area contributed by atoms with Gasteiger partial charge >= 0.3 is 11.9 Å². The number of rotatable bonds is 4. The van der Waals surface area contributed by atoms with Gasteiger partial charge in [-0.1, -0.05) is 0 Å². The predicted octanol–water partition coefficient (Wildman–Crippen LogP) is 1.75. The Morgan fingerprint density at radius 3 is 2.62 bits per heavy atom. The van der Waals surface area contributed by atoms with Gasteiger partial charge in [0, 0.05) is 5.75 Å². The number of carboxylic acids is 1. The summed E-state index contributed by atoms with van der Waals surface area (Å²) in [4.78, 5) is 21.5. The molecule has 0 aliphatic heterocycles. The Labute approximate surface area is 96.4 Å². The van der Waals surface area contributed by atoms with Crippen molar-refractivity contribution in [1.82, 2.24) is 0 Å². The van der Waals surface area contributed by atoms with E-state index in [1.165, 1.54) is 0 Å². The summed E-state index contributed by atoms with van der Waals surface area (Å²) in [6.45, 7) is 0. The summed E-state index contributed by atoms with van der Waals surface area (Å²) < 4.78 is 17.9. The van der Waals surface area contributed by atoms with Crippen LogP contribution >= 0.6 is 12.6 Å². The highest BCUT2D eigenvalue weighted by Crippen LogP contribution is 2.18. The standard InChI is InChI=1S/C10H9FO4S/c11-7-5-6(10(13)14)1-2-8(7)15-9(12)3-4-16/h1-2,5,16H,3-4H2,(H,13,14). The zero-order chi connectivity index (χ0) is 12.1. The fourth-order valence-electron chi connectivity index (χ4n) is 0.982. The van der Waals surface area contributed by atoms with E-state index in [9.17, 15) is 14.0 Å². The van der Waals surface area contributed by atoms with Gasteiger partial charge in [0.25, 0.3) is 0 Å². The van der Waals surface area contributed by atoms with E-state index in [2.05, 4.69) is 17.4 Å². The maximum Gasteiger partial charge on any atom is 0.335 e. The molecular weight excluding hydrogens is 235 g/mol. The lowest BCUT2D eigenvalue weighted by Gasteiger charge is -2.04. The summed E-state index contributed by atoms with van der Waals surface area (Å²) in [5.41, 5.74) is -0.202. The number of aromatic carboxylic acids is 1. The molecule has 1 aromatic carbocycles. The molecule has 0 aliphatic rings. The first-order valence-electron chi connectivity index (χ1n) is 4.39. The second-order valence-electron chi connectivity index (χ2n) is 2.90. The van der Waals surface area contributed by atoms with Gasteiger partial charge in [-0.05, 0) is 18.2 Å². The van der Waals surface area contributed by atoms with Crippen molar-refractivity contribution in [2.24, 2.45) is 0 Å². The first-order valence-corrected chi connectivity index (χ1v) is 5.02. The molecule has 16 heavy (non-hydrogen) atoms. The van der Waals surface area contributed by atoms with Gasteiger partial charge in [-0.2, -0.15) is 12.6 Å². The van der Waals surface area contributed by atoms with Crippen LogP contribution in [0.3, 0.4) is 0 Å². The van der Waals surface area contributed by atoms with Crippen molar-refractivity contribution < 1.29 is 23.8 Å². The summed E-state index contributed by atoms with van der Waals surface area (Å²) in [6, 6.07) is 3.07. The van der Waals surface area contributed by atoms with Gasteiger partial charge in [-0.3, -0.25) is 4.79 Å². The summed E-state index contributed by atoms with van der Waals surface area (Å²) in [7, 11) is 0. The summed E-state index contributed by atoms with van der Waals surface area (Å²) in [5.74, 6) is -2.72. The highest BCUT2D eigenvalue weighted by atomic mass is 32.1. The van der Waals surface area contributed by atoms with E-state index in [0.717, 1.165) is 18.2 Å². The van der Waals surface area contributed by atoms with Gasteiger partial charge in [0.2, 0.25) is 0 Å². The van der Waals surface area contributed by atoms with Gasteiger partial charge < -0.3 is 9.84 Å². The number of carbonyl (C=O) groups excluding carboxylic acids is 1.